The second-order valence-corrected chi connectivity index (χ2v) is 7.06. The summed E-state index contributed by atoms with van der Waals surface area (Å²) >= 11 is 3.48. The average molecular weight is 552 g/mol. The number of nitrogens with one attached hydrogen (secondary N) is 2. The first-order valence-electron chi connectivity index (χ1n) is 8.49. The van der Waals surface area contributed by atoms with Gasteiger partial charge in [0.25, 0.3) is 0 Å². The molecule has 0 saturated heterocycles. The van der Waals surface area contributed by atoms with Gasteiger partial charge in [-0.15, -0.1) is 24.0 Å². The predicted molar refractivity (Wildman–Crippen MR) is 122 cm³/mol. The number of furan rings is 1. The number of halogens is 2. The molecule has 1 unspecified atom stereocenters. The van der Waals surface area contributed by atoms with E-state index >= 15 is 0 Å². The third-order valence-corrected chi connectivity index (χ3v) is 4.47. The molecular formula is C19H27BrIN3O3. The van der Waals surface area contributed by atoms with Crippen LogP contribution in [0.2, 0.25) is 0 Å². The van der Waals surface area contributed by atoms with Gasteiger partial charge < -0.3 is 24.9 Å². The summed E-state index contributed by atoms with van der Waals surface area (Å²) < 4.78 is 11.7. The number of methoxy groups -OCH3 is 1. The molecule has 0 bridgehead atoms. The molecule has 150 valence electrons. The number of rotatable bonds is 7. The summed E-state index contributed by atoms with van der Waals surface area (Å²) in [5, 5.41) is 17.0. The zero-order valence-corrected chi connectivity index (χ0v) is 19.9. The molecule has 0 radical (unpaired) electrons. The van der Waals surface area contributed by atoms with Crippen LogP contribution in [0.1, 0.15) is 30.9 Å². The van der Waals surface area contributed by atoms with E-state index in [1.54, 1.807) is 20.1 Å². The van der Waals surface area contributed by atoms with Crippen LogP contribution in [0.15, 0.2) is 44.2 Å². The maximum absolute atomic E-state index is 10.6. The second kappa shape index (κ2) is 10.9. The molecule has 0 amide bonds. The summed E-state index contributed by atoms with van der Waals surface area (Å²) in [7, 11) is 1.64. The van der Waals surface area contributed by atoms with E-state index in [1.807, 2.05) is 38.1 Å². The Morgan fingerprint density at radius 3 is 2.59 bits per heavy atom. The number of hydrogen-bond acceptors (Lipinski definition) is 4. The fourth-order valence-electron chi connectivity index (χ4n) is 2.39. The lowest BCUT2D eigenvalue weighted by Gasteiger charge is -2.22. The van der Waals surface area contributed by atoms with Gasteiger partial charge in [-0.1, -0.05) is 6.07 Å². The zero-order chi connectivity index (χ0) is 19.2. The van der Waals surface area contributed by atoms with Crippen molar-refractivity contribution < 1.29 is 14.3 Å². The van der Waals surface area contributed by atoms with E-state index < -0.39 is 5.60 Å². The largest absolute Gasteiger partial charge is 0.496 e. The summed E-state index contributed by atoms with van der Waals surface area (Å²) in [5.41, 5.74) is -0.0866. The highest BCUT2D eigenvalue weighted by Crippen LogP contribution is 2.26. The minimum absolute atomic E-state index is 0. The van der Waals surface area contributed by atoms with Gasteiger partial charge in [0.2, 0.25) is 0 Å². The van der Waals surface area contributed by atoms with Gasteiger partial charge in [0, 0.05) is 6.54 Å². The molecule has 2 rings (SSSR count). The van der Waals surface area contributed by atoms with Crippen LogP contribution in [0.4, 0.5) is 0 Å². The molecule has 1 aromatic carbocycles. The number of guanidine groups is 1. The van der Waals surface area contributed by atoms with Crippen LogP contribution in [-0.2, 0) is 12.1 Å². The number of ether oxygens (including phenoxy) is 1. The van der Waals surface area contributed by atoms with Gasteiger partial charge in [-0.2, -0.15) is 0 Å². The maximum atomic E-state index is 10.6. The van der Waals surface area contributed by atoms with Gasteiger partial charge in [-0.25, -0.2) is 4.99 Å². The molecule has 0 aliphatic carbocycles. The molecule has 3 N–H and O–H groups in total. The molecule has 1 aromatic heterocycles. The fourth-order valence-corrected chi connectivity index (χ4v) is 2.98. The van der Waals surface area contributed by atoms with E-state index in [9.17, 15) is 5.11 Å². The summed E-state index contributed by atoms with van der Waals surface area (Å²) in [6.45, 7) is 7.06. The number of hydrogen-bond donors (Lipinski definition) is 3. The van der Waals surface area contributed by atoms with E-state index in [4.69, 9.17) is 9.15 Å². The predicted octanol–water partition coefficient (Wildman–Crippen LogP) is 3.94. The number of aliphatic hydroxyl groups is 1. The van der Waals surface area contributed by atoms with Gasteiger partial charge in [-0.3, -0.25) is 0 Å². The Morgan fingerprint density at radius 2 is 2.04 bits per heavy atom. The molecule has 27 heavy (non-hydrogen) atoms. The summed E-state index contributed by atoms with van der Waals surface area (Å²) in [5.74, 6) is 2.71. The van der Waals surface area contributed by atoms with Crippen molar-refractivity contribution in [3.8, 4) is 5.75 Å². The van der Waals surface area contributed by atoms with Crippen LogP contribution in [0, 0.1) is 6.92 Å². The lowest BCUT2D eigenvalue weighted by Crippen LogP contribution is -2.44. The van der Waals surface area contributed by atoms with Crippen molar-refractivity contribution >= 4 is 45.9 Å². The maximum Gasteiger partial charge on any atom is 0.191 e. The van der Waals surface area contributed by atoms with Crippen molar-refractivity contribution in [1.82, 2.24) is 10.6 Å². The van der Waals surface area contributed by atoms with Crippen molar-refractivity contribution in [3.63, 3.8) is 0 Å². The molecule has 1 atom stereocenters. The summed E-state index contributed by atoms with van der Waals surface area (Å²) in [4.78, 5) is 4.57. The van der Waals surface area contributed by atoms with Gasteiger partial charge >= 0.3 is 0 Å². The fraction of sp³-hybridized carbons (Fsp3) is 0.421. The van der Waals surface area contributed by atoms with Gasteiger partial charge in [0.05, 0.1) is 24.7 Å². The first-order valence-corrected chi connectivity index (χ1v) is 9.29. The molecule has 0 aliphatic heterocycles. The van der Waals surface area contributed by atoms with Gasteiger partial charge in [0.15, 0.2) is 5.96 Å². The monoisotopic (exact) mass is 551 g/mol. The van der Waals surface area contributed by atoms with Crippen molar-refractivity contribution in [3.05, 3.63) is 51.9 Å². The molecule has 8 heteroatoms. The highest BCUT2D eigenvalue weighted by Gasteiger charge is 2.27. The molecule has 1 heterocycles. The van der Waals surface area contributed by atoms with Gasteiger partial charge in [0.1, 0.15) is 22.9 Å². The topological polar surface area (TPSA) is 79.0 Å². The van der Waals surface area contributed by atoms with Crippen molar-refractivity contribution in [1.29, 1.82) is 0 Å². The highest BCUT2D eigenvalue weighted by molar-refractivity contribution is 14.0. The van der Waals surface area contributed by atoms with Crippen molar-refractivity contribution in [2.75, 3.05) is 20.2 Å². The lowest BCUT2D eigenvalue weighted by atomic mass is 10.0. The highest BCUT2D eigenvalue weighted by atomic mass is 127. The molecule has 0 saturated carbocycles. The minimum atomic E-state index is -1.13. The number of aliphatic imine (C=N–C) groups is 1. The third-order valence-electron chi connectivity index (χ3n) is 3.85. The van der Waals surface area contributed by atoms with Crippen LogP contribution >= 0.6 is 39.9 Å². The van der Waals surface area contributed by atoms with Crippen LogP contribution in [0.25, 0.3) is 0 Å². The van der Waals surface area contributed by atoms with Crippen LogP contribution in [0.5, 0.6) is 5.75 Å². The molecule has 0 spiro atoms. The summed E-state index contributed by atoms with van der Waals surface area (Å²) in [6.07, 6.45) is 0. The Balaban J connectivity index is 0.00000364. The second-order valence-electron chi connectivity index (χ2n) is 6.20. The van der Waals surface area contributed by atoms with E-state index in [2.05, 4.69) is 31.6 Å². The first kappa shape index (κ1) is 23.8. The molecule has 6 nitrogen and oxygen atoms in total. The van der Waals surface area contributed by atoms with Crippen LogP contribution in [0.3, 0.4) is 0 Å². The van der Waals surface area contributed by atoms with Crippen molar-refractivity contribution in [2.45, 2.75) is 32.9 Å². The Bertz CT molecular complexity index is 762. The Morgan fingerprint density at radius 1 is 1.30 bits per heavy atom. The zero-order valence-electron chi connectivity index (χ0n) is 16.0. The van der Waals surface area contributed by atoms with Crippen molar-refractivity contribution in [2.24, 2.45) is 4.99 Å². The molecule has 0 aliphatic rings. The van der Waals surface area contributed by atoms with E-state index in [0.29, 0.717) is 18.3 Å². The quantitative estimate of drug-likeness (QED) is 0.276. The number of benzene rings is 1. The number of nitrogens with zero attached hydrogens (tertiary/aromatic N) is 1. The summed E-state index contributed by atoms with van der Waals surface area (Å²) in [6, 6.07) is 9.48. The lowest BCUT2D eigenvalue weighted by molar-refractivity contribution is 0.0378. The molecular weight excluding hydrogens is 525 g/mol. The van der Waals surface area contributed by atoms with Gasteiger partial charge in [-0.05, 0) is 66.5 Å². The standard InChI is InChI=1S/C19H26BrN3O3.HI/c1-5-21-18(22-11-14-7-8-16(25-4)15(20)10-14)23-12-19(3,24)17-9-6-13(2)26-17;/h6-10,24H,5,11-12H2,1-4H3,(H2,21,22,23);1H. The Hall–Kier alpha value is -1.26. The normalized spacial score (nSPS) is 13.5. The average Bonchev–Trinajstić information content (AvgIpc) is 3.05. The Labute approximate surface area is 185 Å². The smallest absolute Gasteiger partial charge is 0.191 e. The minimum Gasteiger partial charge on any atom is -0.496 e. The van der Waals surface area contributed by atoms with E-state index in [1.165, 1.54) is 0 Å². The molecule has 0 fully saturated rings. The third kappa shape index (κ3) is 7.00. The molecule has 2 aromatic rings. The number of aryl methyl sites for hydroxylation is 1. The van der Waals surface area contributed by atoms with Crippen LogP contribution < -0.4 is 15.4 Å². The SMILES string of the molecule is CCNC(=NCc1ccc(OC)c(Br)c1)NCC(C)(O)c1ccc(C)o1.I. The van der Waals surface area contributed by atoms with E-state index in [-0.39, 0.29) is 30.5 Å². The Kier molecular flexibility index (Phi) is 9.61. The van der Waals surface area contributed by atoms with Crippen LogP contribution in [-0.4, -0.2) is 31.3 Å². The van der Waals surface area contributed by atoms with E-state index in [0.717, 1.165) is 28.1 Å². The first-order chi connectivity index (χ1) is 12.4.